The maximum absolute atomic E-state index is 12.0. The van der Waals surface area contributed by atoms with E-state index in [9.17, 15) is 4.79 Å². The first-order valence-corrected chi connectivity index (χ1v) is 7.91. The van der Waals surface area contributed by atoms with Crippen LogP contribution in [-0.4, -0.2) is 28.8 Å². The summed E-state index contributed by atoms with van der Waals surface area (Å²) in [4.78, 5) is 16.2. The van der Waals surface area contributed by atoms with Gasteiger partial charge < -0.3 is 19.9 Å². The number of hydrogen-bond acceptors (Lipinski definition) is 5. The van der Waals surface area contributed by atoms with Gasteiger partial charge in [-0.3, -0.25) is 0 Å². The summed E-state index contributed by atoms with van der Waals surface area (Å²) in [6.45, 7) is 8.94. The Kier molecular flexibility index (Phi) is 5.39. The summed E-state index contributed by atoms with van der Waals surface area (Å²) in [6, 6.07) is 0.0151. The molecule has 2 amide bonds. The van der Waals surface area contributed by atoms with Gasteiger partial charge in [0.05, 0.1) is 6.54 Å². The second kappa shape index (κ2) is 7.09. The molecule has 7 nitrogen and oxygen atoms in total. The first-order valence-electron chi connectivity index (χ1n) is 7.91. The fourth-order valence-electron chi connectivity index (χ4n) is 2.79. The summed E-state index contributed by atoms with van der Waals surface area (Å²) >= 11 is 0. The molecule has 0 aliphatic heterocycles. The molecule has 1 heterocycles. The highest BCUT2D eigenvalue weighted by Crippen LogP contribution is 2.37. The lowest BCUT2D eigenvalue weighted by atomic mass is 9.87. The molecule has 2 rings (SSSR count). The van der Waals surface area contributed by atoms with Crippen LogP contribution in [-0.2, 0) is 11.3 Å². The second-order valence-corrected chi connectivity index (χ2v) is 6.40. The van der Waals surface area contributed by atoms with Crippen molar-refractivity contribution in [1.82, 2.24) is 20.8 Å². The highest BCUT2D eigenvalue weighted by atomic mass is 16.5. The maximum Gasteiger partial charge on any atom is 0.315 e. The predicted octanol–water partition coefficient (Wildman–Crippen LogP) is 2.55. The smallest absolute Gasteiger partial charge is 0.315 e. The van der Waals surface area contributed by atoms with Crippen LogP contribution in [0.25, 0.3) is 0 Å². The fraction of sp³-hybridized carbons (Fsp3) is 0.800. The summed E-state index contributed by atoms with van der Waals surface area (Å²) in [7, 11) is 0. The van der Waals surface area contributed by atoms with Crippen LogP contribution in [0, 0.1) is 5.41 Å². The van der Waals surface area contributed by atoms with Crippen LogP contribution in [0.4, 0.5) is 4.79 Å². The van der Waals surface area contributed by atoms with Gasteiger partial charge >= 0.3 is 6.03 Å². The van der Waals surface area contributed by atoms with Crippen LogP contribution < -0.4 is 10.6 Å². The molecule has 1 aromatic heterocycles. The van der Waals surface area contributed by atoms with E-state index >= 15 is 0 Å². The van der Waals surface area contributed by atoms with E-state index in [1.165, 1.54) is 0 Å². The van der Waals surface area contributed by atoms with E-state index in [4.69, 9.17) is 9.26 Å². The first-order chi connectivity index (χ1) is 10.4. The molecule has 1 aliphatic carbocycles. The lowest BCUT2D eigenvalue weighted by Crippen LogP contribution is -2.46. The SMILES string of the molecule is CCO[C@@H](C)c1noc(CNC(=O)N[C@H]2CCCC2(C)C)n1. The number of rotatable bonds is 6. The van der Waals surface area contributed by atoms with Crippen LogP contribution in [0.15, 0.2) is 4.52 Å². The van der Waals surface area contributed by atoms with Crippen molar-refractivity contribution in [2.24, 2.45) is 5.41 Å². The number of ether oxygens (including phenoxy) is 1. The number of amides is 2. The number of nitrogens with one attached hydrogen (secondary N) is 2. The van der Waals surface area contributed by atoms with Crippen LogP contribution >= 0.6 is 0 Å². The molecule has 2 N–H and O–H groups in total. The Hall–Kier alpha value is -1.63. The van der Waals surface area contributed by atoms with Gasteiger partial charge in [0, 0.05) is 12.6 Å². The van der Waals surface area contributed by atoms with Gasteiger partial charge in [-0.2, -0.15) is 4.98 Å². The standard InChI is InChI=1S/C15H26N4O3/c1-5-21-10(2)13-18-12(22-19-13)9-16-14(20)17-11-7-6-8-15(11,3)4/h10-11H,5-9H2,1-4H3,(H2,16,17,20)/t10-,11-/m0/s1. The maximum atomic E-state index is 12.0. The van der Waals surface area contributed by atoms with Crippen molar-refractivity contribution in [3.05, 3.63) is 11.7 Å². The molecule has 0 saturated heterocycles. The van der Waals surface area contributed by atoms with Gasteiger partial charge in [0.15, 0.2) is 5.82 Å². The number of hydrogen-bond donors (Lipinski definition) is 2. The topological polar surface area (TPSA) is 89.3 Å². The van der Waals surface area contributed by atoms with Crippen molar-refractivity contribution < 1.29 is 14.1 Å². The lowest BCUT2D eigenvalue weighted by molar-refractivity contribution is 0.0683. The van der Waals surface area contributed by atoms with Gasteiger partial charge in [0.25, 0.3) is 0 Å². The summed E-state index contributed by atoms with van der Waals surface area (Å²) in [5, 5.41) is 9.64. The van der Waals surface area contributed by atoms with E-state index in [1.54, 1.807) is 0 Å². The van der Waals surface area contributed by atoms with Crippen molar-refractivity contribution in [2.45, 2.75) is 65.6 Å². The molecule has 124 valence electrons. The third-order valence-corrected chi connectivity index (χ3v) is 4.23. The summed E-state index contributed by atoms with van der Waals surface area (Å²) in [6.07, 6.45) is 3.10. The molecule has 7 heteroatoms. The minimum absolute atomic E-state index is 0.155. The zero-order chi connectivity index (χ0) is 16.2. The van der Waals surface area contributed by atoms with Crippen molar-refractivity contribution in [1.29, 1.82) is 0 Å². The Morgan fingerprint density at radius 3 is 2.95 bits per heavy atom. The predicted molar refractivity (Wildman–Crippen MR) is 81.1 cm³/mol. The van der Waals surface area contributed by atoms with Gasteiger partial charge in [-0.05, 0) is 32.1 Å². The molecule has 0 bridgehead atoms. The van der Waals surface area contributed by atoms with E-state index < -0.39 is 0 Å². The second-order valence-electron chi connectivity index (χ2n) is 6.40. The summed E-state index contributed by atoms with van der Waals surface area (Å²) < 4.78 is 10.5. The first kappa shape index (κ1) is 16.7. The van der Waals surface area contributed by atoms with Gasteiger partial charge in [-0.25, -0.2) is 4.79 Å². The van der Waals surface area contributed by atoms with Gasteiger partial charge in [0.1, 0.15) is 6.10 Å². The third-order valence-electron chi connectivity index (χ3n) is 4.23. The zero-order valence-electron chi connectivity index (χ0n) is 13.8. The summed E-state index contributed by atoms with van der Waals surface area (Å²) in [5.41, 5.74) is 0.155. The quantitative estimate of drug-likeness (QED) is 0.843. The molecule has 1 aromatic rings. The van der Waals surface area contributed by atoms with Crippen molar-refractivity contribution in [3.63, 3.8) is 0 Å². The van der Waals surface area contributed by atoms with Gasteiger partial charge in [-0.1, -0.05) is 25.4 Å². The number of urea groups is 1. The molecule has 1 fully saturated rings. The molecular formula is C15H26N4O3. The average molecular weight is 310 g/mol. The molecule has 1 aliphatic rings. The largest absolute Gasteiger partial charge is 0.371 e. The molecule has 22 heavy (non-hydrogen) atoms. The number of nitrogens with zero attached hydrogens (tertiary/aromatic N) is 2. The lowest BCUT2D eigenvalue weighted by Gasteiger charge is -2.27. The third kappa shape index (κ3) is 4.19. The number of carbonyl (C=O) groups is 1. The van der Waals surface area contributed by atoms with Gasteiger partial charge in [-0.15, -0.1) is 0 Å². The van der Waals surface area contributed by atoms with Gasteiger partial charge in [0.2, 0.25) is 5.89 Å². The van der Waals surface area contributed by atoms with E-state index in [0.717, 1.165) is 19.3 Å². The normalized spacial score (nSPS) is 21.5. The number of aromatic nitrogens is 2. The van der Waals surface area contributed by atoms with E-state index in [2.05, 4.69) is 34.6 Å². The monoisotopic (exact) mass is 310 g/mol. The van der Waals surface area contributed by atoms with Crippen LogP contribution in [0.5, 0.6) is 0 Å². The Morgan fingerprint density at radius 2 is 2.32 bits per heavy atom. The average Bonchev–Trinajstić information content (AvgIpc) is 3.04. The molecule has 0 unspecified atom stereocenters. The molecule has 0 radical (unpaired) electrons. The van der Waals surface area contributed by atoms with Crippen molar-refractivity contribution in [3.8, 4) is 0 Å². The van der Waals surface area contributed by atoms with Crippen LogP contribution in [0.2, 0.25) is 0 Å². The fourth-order valence-corrected chi connectivity index (χ4v) is 2.79. The van der Waals surface area contributed by atoms with Crippen LogP contribution in [0.1, 0.15) is 64.8 Å². The highest BCUT2D eigenvalue weighted by molar-refractivity contribution is 5.74. The Morgan fingerprint density at radius 1 is 1.55 bits per heavy atom. The molecule has 0 aromatic carbocycles. The summed E-state index contributed by atoms with van der Waals surface area (Å²) in [5.74, 6) is 0.873. The molecular weight excluding hydrogens is 284 g/mol. The van der Waals surface area contributed by atoms with Crippen molar-refractivity contribution in [2.75, 3.05) is 6.61 Å². The Bertz CT molecular complexity index is 501. The van der Waals surface area contributed by atoms with E-state index in [-0.39, 0.29) is 30.1 Å². The molecule has 0 spiro atoms. The Labute approximate surface area is 131 Å². The minimum atomic E-state index is -0.212. The van der Waals surface area contributed by atoms with E-state index in [1.807, 2.05) is 13.8 Å². The van der Waals surface area contributed by atoms with E-state index in [0.29, 0.717) is 18.3 Å². The number of carbonyl (C=O) groups excluding carboxylic acids is 1. The highest BCUT2D eigenvalue weighted by Gasteiger charge is 2.35. The molecule has 1 saturated carbocycles. The van der Waals surface area contributed by atoms with Crippen molar-refractivity contribution >= 4 is 6.03 Å². The van der Waals surface area contributed by atoms with Crippen LogP contribution in [0.3, 0.4) is 0 Å². The Balaban J connectivity index is 1.79. The zero-order valence-corrected chi connectivity index (χ0v) is 13.8. The minimum Gasteiger partial charge on any atom is -0.371 e. The molecule has 2 atom stereocenters.